The summed E-state index contributed by atoms with van der Waals surface area (Å²) in [4.78, 5) is 14.1. The number of nitrogens with one attached hydrogen (secondary N) is 1. The van der Waals surface area contributed by atoms with Gasteiger partial charge in [0.25, 0.3) is 0 Å². The third-order valence-corrected chi connectivity index (χ3v) is 5.83. The number of carbonyl (C=O) groups is 1. The lowest BCUT2D eigenvalue weighted by molar-refractivity contribution is -0.118. The molecule has 2 rings (SSSR count). The summed E-state index contributed by atoms with van der Waals surface area (Å²) >= 11 is 0. The lowest BCUT2D eigenvalue weighted by Crippen LogP contribution is -2.51. The van der Waals surface area contributed by atoms with Crippen LogP contribution in [0.5, 0.6) is 0 Å². The summed E-state index contributed by atoms with van der Waals surface area (Å²) in [5, 5.41) is 2.58. The SMILES string of the molecule is Cc1cccc(N2CCN(S(=O)(=O)CC(=O)NCC(C)(C)N)CC2)c1.Cl.Cl. The Morgan fingerprint density at radius 3 is 2.30 bits per heavy atom. The molecule has 7 nitrogen and oxygen atoms in total. The Morgan fingerprint density at radius 2 is 1.78 bits per heavy atom. The van der Waals surface area contributed by atoms with Crippen LogP contribution in [0.4, 0.5) is 5.69 Å². The third kappa shape index (κ3) is 8.23. The van der Waals surface area contributed by atoms with Crippen LogP contribution in [0.25, 0.3) is 0 Å². The molecule has 0 bridgehead atoms. The molecule has 0 aromatic heterocycles. The summed E-state index contributed by atoms with van der Waals surface area (Å²) in [6, 6.07) is 8.15. The van der Waals surface area contributed by atoms with Crippen molar-refractivity contribution in [3.8, 4) is 0 Å². The zero-order valence-corrected chi connectivity index (χ0v) is 18.4. The zero-order chi connectivity index (χ0) is 18.7. The summed E-state index contributed by atoms with van der Waals surface area (Å²) in [6.45, 7) is 7.80. The van der Waals surface area contributed by atoms with Crippen LogP contribution in [0.15, 0.2) is 24.3 Å². The van der Waals surface area contributed by atoms with Crippen molar-refractivity contribution in [1.29, 1.82) is 0 Å². The number of benzene rings is 1. The van der Waals surface area contributed by atoms with Crippen molar-refractivity contribution >= 4 is 46.4 Å². The Hall–Kier alpha value is -1.06. The van der Waals surface area contributed by atoms with E-state index >= 15 is 0 Å². The normalized spacial score (nSPS) is 15.5. The highest BCUT2D eigenvalue weighted by Crippen LogP contribution is 2.19. The molecule has 1 aromatic rings. The summed E-state index contributed by atoms with van der Waals surface area (Å²) < 4.78 is 26.3. The van der Waals surface area contributed by atoms with Crippen molar-refractivity contribution in [2.45, 2.75) is 26.3 Å². The fraction of sp³-hybridized carbons (Fsp3) is 0.588. The lowest BCUT2D eigenvalue weighted by atomic mass is 10.1. The van der Waals surface area contributed by atoms with E-state index in [-0.39, 0.29) is 31.4 Å². The molecule has 0 radical (unpaired) electrons. The van der Waals surface area contributed by atoms with E-state index < -0.39 is 27.2 Å². The van der Waals surface area contributed by atoms with E-state index in [2.05, 4.69) is 16.3 Å². The molecule has 3 N–H and O–H groups in total. The van der Waals surface area contributed by atoms with E-state index in [1.165, 1.54) is 9.87 Å². The second-order valence-electron chi connectivity index (χ2n) is 7.25. The van der Waals surface area contributed by atoms with Crippen molar-refractivity contribution in [2.75, 3.05) is 43.4 Å². The molecule has 1 amide bonds. The first-order valence-electron chi connectivity index (χ1n) is 8.42. The molecule has 0 saturated carbocycles. The quantitative estimate of drug-likeness (QED) is 0.691. The van der Waals surface area contributed by atoms with Gasteiger partial charge in [0.05, 0.1) is 0 Å². The first-order chi connectivity index (χ1) is 11.6. The number of anilines is 1. The van der Waals surface area contributed by atoms with E-state index in [4.69, 9.17) is 5.73 Å². The van der Waals surface area contributed by atoms with Gasteiger partial charge >= 0.3 is 0 Å². The van der Waals surface area contributed by atoms with Crippen LogP contribution in [0, 0.1) is 6.92 Å². The second kappa shape index (κ2) is 10.5. The van der Waals surface area contributed by atoms with Crippen molar-refractivity contribution in [2.24, 2.45) is 5.73 Å². The minimum absolute atomic E-state index is 0. The third-order valence-electron chi connectivity index (χ3n) is 4.05. The molecule has 1 saturated heterocycles. The first-order valence-corrected chi connectivity index (χ1v) is 10.0. The molecule has 1 aliphatic rings. The Kier molecular flexibility index (Phi) is 10.1. The molecule has 1 fully saturated rings. The van der Waals surface area contributed by atoms with Gasteiger partial charge < -0.3 is 16.0 Å². The van der Waals surface area contributed by atoms with Crippen molar-refractivity contribution in [3.63, 3.8) is 0 Å². The van der Waals surface area contributed by atoms with Crippen LogP contribution in [0.3, 0.4) is 0 Å². The average molecular weight is 441 g/mol. The number of hydrogen-bond acceptors (Lipinski definition) is 5. The monoisotopic (exact) mass is 440 g/mol. The number of rotatable bonds is 6. The van der Waals surface area contributed by atoms with Crippen LogP contribution < -0.4 is 16.0 Å². The maximum Gasteiger partial charge on any atom is 0.236 e. The standard InChI is InChI=1S/C17H28N4O3S.2ClH/c1-14-5-4-6-15(11-14)20-7-9-21(10-8-20)25(23,24)12-16(22)19-13-17(2,3)18;;/h4-6,11H,7-10,12-13,18H2,1-3H3,(H,19,22);2*1H. The van der Waals surface area contributed by atoms with Crippen LogP contribution >= 0.6 is 24.8 Å². The molecule has 0 spiro atoms. The number of halogens is 2. The van der Waals surface area contributed by atoms with Crippen molar-refractivity contribution in [3.05, 3.63) is 29.8 Å². The summed E-state index contributed by atoms with van der Waals surface area (Å²) in [5.74, 6) is -1.05. The van der Waals surface area contributed by atoms with Gasteiger partial charge in [-0.25, -0.2) is 8.42 Å². The number of sulfonamides is 1. The summed E-state index contributed by atoms with van der Waals surface area (Å²) in [6.07, 6.45) is 0. The summed E-state index contributed by atoms with van der Waals surface area (Å²) in [7, 11) is -3.61. The van der Waals surface area contributed by atoms with Crippen LogP contribution in [-0.2, 0) is 14.8 Å². The summed E-state index contributed by atoms with van der Waals surface area (Å²) in [5.41, 5.74) is 7.49. The fourth-order valence-corrected chi connectivity index (χ4v) is 4.02. The average Bonchev–Trinajstić information content (AvgIpc) is 2.52. The minimum Gasteiger partial charge on any atom is -0.369 e. The van der Waals surface area contributed by atoms with Gasteiger partial charge in [0.1, 0.15) is 5.75 Å². The molecule has 27 heavy (non-hydrogen) atoms. The van der Waals surface area contributed by atoms with E-state index in [1.54, 1.807) is 13.8 Å². The predicted octanol–water partition coefficient (Wildman–Crippen LogP) is 1.14. The number of piperazine rings is 1. The predicted molar refractivity (Wildman–Crippen MR) is 115 cm³/mol. The Balaban J connectivity index is 0.00000338. The van der Waals surface area contributed by atoms with E-state index in [0.29, 0.717) is 26.2 Å². The number of amides is 1. The number of hydrogen-bond donors (Lipinski definition) is 2. The maximum absolute atomic E-state index is 12.4. The van der Waals surface area contributed by atoms with Gasteiger partial charge in [-0.1, -0.05) is 12.1 Å². The van der Waals surface area contributed by atoms with Crippen LogP contribution in [-0.4, -0.2) is 62.6 Å². The van der Waals surface area contributed by atoms with Gasteiger partial charge in [0.15, 0.2) is 0 Å². The molecule has 1 heterocycles. The number of nitrogens with two attached hydrogens (primary N) is 1. The highest BCUT2D eigenvalue weighted by molar-refractivity contribution is 7.89. The van der Waals surface area contributed by atoms with Gasteiger partial charge in [0, 0.05) is 44.0 Å². The van der Waals surface area contributed by atoms with Crippen molar-refractivity contribution in [1.82, 2.24) is 9.62 Å². The van der Waals surface area contributed by atoms with Crippen LogP contribution in [0.2, 0.25) is 0 Å². The first kappa shape index (κ1) is 25.9. The van der Waals surface area contributed by atoms with E-state index in [1.807, 2.05) is 25.1 Å². The molecule has 0 unspecified atom stereocenters. The second-order valence-corrected chi connectivity index (χ2v) is 9.22. The number of carbonyl (C=O) groups excluding carboxylic acids is 1. The van der Waals surface area contributed by atoms with E-state index in [9.17, 15) is 13.2 Å². The van der Waals surface area contributed by atoms with E-state index in [0.717, 1.165) is 5.69 Å². The van der Waals surface area contributed by atoms with Gasteiger partial charge in [0.2, 0.25) is 15.9 Å². The minimum atomic E-state index is -3.61. The Morgan fingerprint density at radius 1 is 1.19 bits per heavy atom. The Bertz CT molecular complexity index is 715. The maximum atomic E-state index is 12.4. The van der Waals surface area contributed by atoms with Crippen LogP contribution in [0.1, 0.15) is 19.4 Å². The lowest BCUT2D eigenvalue weighted by Gasteiger charge is -2.35. The molecular weight excluding hydrogens is 411 g/mol. The van der Waals surface area contributed by atoms with Crippen molar-refractivity contribution < 1.29 is 13.2 Å². The fourth-order valence-electron chi connectivity index (χ4n) is 2.68. The highest BCUT2D eigenvalue weighted by atomic mass is 35.5. The molecule has 1 aliphatic heterocycles. The molecular formula is C17H30Cl2N4O3S. The largest absolute Gasteiger partial charge is 0.369 e. The molecule has 0 aliphatic carbocycles. The van der Waals surface area contributed by atoms with Gasteiger partial charge in [-0.3, -0.25) is 4.79 Å². The molecule has 0 atom stereocenters. The number of nitrogens with zero attached hydrogens (tertiary/aromatic N) is 2. The van der Waals surface area contributed by atoms with Gasteiger partial charge in [-0.2, -0.15) is 4.31 Å². The smallest absolute Gasteiger partial charge is 0.236 e. The molecule has 156 valence electrons. The molecule has 1 aromatic carbocycles. The Labute approximate surface area is 174 Å². The highest BCUT2D eigenvalue weighted by Gasteiger charge is 2.29. The number of aryl methyl sites for hydroxylation is 1. The molecule has 10 heteroatoms. The van der Waals surface area contributed by atoms with Gasteiger partial charge in [-0.15, -0.1) is 24.8 Å². The zero-order valence-electron chi connectivity index (χ0n) is 16.0. The topological polar surface area (TPSA) is 95.7 Å². The van der Waals surface area contributed by atoms with Gasteiger partial charge in [-0.05, 0) is 38.5 Å².